The maximum absolute atomic E-state index is 13.7. The Morgan fingerprint density at radius 2 is 1.59 bits per heavy atom. The molecule has 6 heteroatoms. The first-order valence-corrected chi connectivity index (χ1v) is 13.7. The lowest BCUT2D eigenvalue weighted by molar-refractivity contribution is -0.140. The number of aryl methyl sites for hydroxylation is 1. The summed E-state index contributed by atoms with van der Waals surface area (Å²) in [6.45, 7) is 8.29. The Morgan fingerprint density at radius 1 is 0.919 bits per heavy atom. The largest absolute Gasteiger partial charge is 0.497 e. The number of nitrogens with zero attached hydrogens (tertiary/aromatic N) is 1. The third kappa shape index (κ3) is 9.29. The number of carbonyl (C=O) groups is 2. The van der Waals surface area contributed by atoms with Gasteiger partial charge < -0.3 is 15.0 Å². The van der Waals surface area contributed by atoms with Crippen LogP contribution in [-0.4, -0.2) is 41.2 Å². The van der Waals surface area contributed by atoms with Gasteiger partial charge in [-0.25, -0.2) is 0 Å². The van der Waals surface area contributed by atoms with E-state index in [1.54, 1.807) is 23.8 Å². The second-order valence-corrected chi connectivity index (χ2v) is 11.3. The van der Waals surface area contributed by atoms with Crippen LogP contribution in [0.15, 0.2) is 78.9 Å². The standard InChI is InChI=1S/C31H38N2O3S/c1-23-10-9-13-26(18-23)20-33(29(34)22-37-21-25-14-16-27(36-5)17-15-25)28(30(35)32-31(2,3)4)19-24-11-7-6-8-12-24/h6-18,28H,19-22H2,1-5H3,(H,32,35)/t28-/m1/s1. The van der Waals surface area contributed by atoms with Crippen LogP contribution in [0.5, 0.6) is 5.75 Å². The first-order valence-electron chi connectivity index (χ1n) is 12.6. The molecule has 3 aromatic carbocycles. The number of methoxy groups -OCH3 is 1. The van der Waals surface area contributed by atoms with Crippen molar-refractivity contribution in [1.82, 2.24) is 10.2 Å². The summed E-state index contributed by atoms with van der Waals surface area (Å²) in [6, 6.07) is 25.3. The quantitative estimate of drug-likeness (QED) is 0.349. The fourth-order valence-corrected chi connectivity index (χ4v) is 4.95. The monoisotopic (exact) mass is 518 g/mol. The Balaban J connectivity index is 1.85. The van der Waals surface area contributed by atoms with Crippen molar-refractivity contribution in [2.24, 2.45) is 0 Å². The van der Waals surface area contributed by atoms with E-state index in [1.807, 2.05) is 100 Å². The molecule has 3 aromatic rings. The van der Waals surface area contributed by atoms with Gasteiger partial charge >= 0.3 is 0 Å². The molecule has 0 aliphatic carbocycles. The summed E-state index contributed by atoms with van der Waals surface area (Å²) < 4.78 is 5.23. The molecule has 196 valence electrons. The van der Waals surface area contributed by atoms with E-state index in [0.29, 0.717) is 18.7 Å². The van der Waals surface area contributed by atoms with Crippen LogP contribution in [0.1, 0.15) is 43.0 Å². The molecular weight excluding hydrogens is 480 g/mol. The summed E-state index contributed by atoms with van der Waals surface area (Å²) in [5.74, 6) is 1.60. The molecule has 0 saturated heterocycles. The molecule has 0 radical (unpaired) electrons. The molecule has 0 unspecified atom stereocenters. The zero-order valence-corrected chi connectivity index (χ0v) is 23.3. The van der Waals surface area contributed by atoms with Gasteiger partial charge in [0.05, 0.1) is 12.9 Å². The molecule has 0 aliphatic heterocycles. The molecule has 5 nitrogen and oxygen atoms in total. The molecule has 1 atom stereocenters. The number of hydrogen-bond acceptors (Lipinski definition) is 4. The van der Waals surface area contributed by atoms with Crippen LogP contribution in [0.2, 0.25) is 0 Å². The lowest BCUT2D eigenvalue weighted by atomic mass is 10.0. The molecule has 0 aliphatic rings. The van der Waals surface area contributed by atoms with Crippen molar-refractivity contribution in [1.29, 1.82) is 0 Å². The highest BCUT2D eigenvalue weighted by Crippen LogP contribution is 2.21. The average molecular weight is 519 g/mol. The Bertz CT molecular complexity index is 1160. The summed E-state index contributed by atoms with van der Waals surface area (Å²) in [6.07, 6.45) is 0.448. The third-order valence-corrected chi connectivity index (χ3v) is 6.85. The highest BCUT2D eigenvalue weighted by atomic mass is 32.2. The van der Waals surface area contributed by atoms with Gasteiger partial charge in [-0.15, -0.1) is 11.8 Å². The normalized spacial score (nSPS) is 12.0. The van der Waals surface area contributed by atoms with Crippen molar-refractivity contribution < 1.29 is 14.3 Å². The molecule has 3 rings (SSSR count). The predicted octanol–water partition coefficient (Wildman–Crippen LogP) is 5.79. The fourth-order valence-electron chi connectivity index (χ4n) is 4.07. The summed E-state index contributed by atoms with van der Waals surface area (Å²) >= 11 is 1.55. The van der Waals surface area contributed by atoms with Crippen molar-refractivity contribution in [3.05, 3.63) is 101 Å². The molecular formula is C31H38N2O3S. The van der Waals surface area contributed by atoms with Gasteiger partial charge in [-0.2, -0.15) is 0 Å². The molecule has 0 spiro atoms. The molecule has 1 N–H and O–H groups in total. The van der Waals surface area contributed by atoms with Crippen molar-refractivity contribution in [2.45, 2.75) is 58.0 Å². The van der Waals surface area contributed by atoms with Crippen molar-refractivity contribution in [2.75, 3.05) is 12.9 Å². The topological polar surface area (TPSA) is 58.6 Å². The first-order chi connectivity index (χ1) is 17.6. The molecule has 0 aromatic heterocycles. The van der Waals surface area contributed by atoms with Crippen LogP contribution in [0.3, 0.4) is 0 Å². The van der Waals surface area contributed by atoms with Gasteiger partial charge in [-0.3, -0.25) is 9.59 Å². The number of ether oxygens (including phenoxy) is 1. The number of nitrogens with one attached hydrogen (secondary N) is 1. The molecule has 0 bridgehead atoms. The summed E-state index contributed by atoms with van der Waals surface area (Å²) in [7, 11) is 1.65. The number of thioether (sulfide) groups is 1. The van der Waals surface area contributed by atoms with Gasteiger partial charge in [0.2, 0.25) is 11.8 Å². The van der Waals surface area contributed by atoms with Gasteiger partial charge in [0.15, 0.2) is 0 Å². The maximum atomic E-state index is 13.7. The number of rotatable bonds is 11. The zero-order valence-electron chi connectivity index (χ0n) is 22.5. The zero-order chi connectivity index (χ0) is 26.8. The number of hydrogen-bond donors (Lipinski definition) is 1. The SMILES string of the molecule is COc1ccc(CSCC(=O)N(Cc2cccc(C)c2)[C@H](Cc2ccccc2)C(=O)NC(C)(C)C)cc1. The highest BCUT2D eigenvalue weighted by molar-refractivity contribution is 7.99. The van der Waals surface area contributed by atoms with Crippen molar-refractivity contribution in [3.8, 4) is 5.75 Å². The lowest BCUT2D eigenvalue weighted by Gasteiger charge is -2.34. The average Bonchev–Trinajstić information content (AvgIpc) is 2.86. The molecule has 0 heterocycles. The fraction of sp³-hybridized carbons (Fsp3) is 0.355. The first kappa shape index (κ1) is 28.3. The van der Waals surface area contributed by atoms with E-state index < -0.39 is 11.6 Å². The van der Waals surface area contributed by atoms with Crippen molar-refractivity contribution in [3.63, 3.8) is 0 Å². The molecule has 0 saturated carbocycles. The van der Waals surface area contributed by atoms with E-state index in [1.165, 1.54) is 0 Å². The Hall–Kier alpha value is -3.25. The Labute approximate surface area is 225 Å². The second-order valence-electron chi connectivity index (χ2n) is 10.3. The second kappa shape index (κ2) is 13.3. The van der Waals surface area contributed by atoms with Crippen LogP contribution >= 0.6 is 11.8 Å². The van der Waals surface area contributed by atoms with Crippen LogP contribution in [0.4, 0.5) is 0 Å². The minimum absolute atomic E-state index is 0.0509. The summed E-state index contributed by atoms with van der Waals surface area (Å²) in [5.41, 5.74) is 3.86. The Kier molecular flexibility index (Phi) is 10.2. The van der Waals surface area contributed by atoms with Crippen LogP contribution in [0, 0.1) is 6.92 Å². The van der Waals surface area contributed by atoms with E-state index in [4.69, 9.17) is 4.74 Å². The van der Waals surface area contributed by atoms with Gasteiger partial charge in [0.1, 0.15) is 11.8 Å². The minimum atomic E-state index is -0.628. The van der Waals surface area contributed by atoms with E-state index in [0.717, 1.165) is 28.0 Å². The van der Waals surface area contributed by atoms with E-state index >= 15 is 0 Å². The summed E-state index contributed by atoms with van der Waals surface area (Å²) in [4.78, 5) is 29.1. The highest BCUT2D eigenvalue weighted by Gasteiger charge is 2.32. The maximum Gasteiger partial charge on any atom is 0.243 e. The molecule has 37 heavy (non-hydrogen) atoms. The van der Waals surface area contributed by atoms with Gasteiger partial charge in [-0.05, 0) is 56.5 Å². The van der Waals surface area contributed by atoms with Crippen LogP contribution < -0.4 is 10.1 Å². The summed E-state index contributed by atoms with van der Waals surface area (Å²) in [5, 5.41) is 3.11. The van der Waals surface area contributed by atoms with Gasteiger partial charge in [-0.1, -0.05) is 72.3 Å². The van der Waals surface area contributed by atoms with Gasteiger partial charge in [0, 0.05) is 24.3 Å². The van der Waals surface area contributed by atoms with E-state index in [9.17, 15) is 9.59 Å². The smallest absolute Gasteiger partial charge is 0.243 e. The Morgan fingerprint density at radius 3 is 2.22 bits per heavy atom. The third-order valence-electron chi connectivity index (χ3n) is 5.86. The molecule has 0 fully saturated rings. The van der Waals surface area contributed by atoms with Crippen molar-refractivity contribution >= 4 is 23.6 Å². The number of amides is 2. The van der Waals surface area contributed by atoms with Gasteiger partial charge in [0.25, 0.3) is 0 Å². The molecule has 2 amide bonds. The van der Waals surface area contributed by atoms with E-state index in [2.05, 4.69) is 11.4 Å². The number of benzene rings is 3. The predicted molar refractivity (Wildman–Crippen MR) is 153 cm³/mol. The number of carbonyl (C=O) groups excluding carboxylic acids is 2. The van der Waals surface area contributed by atoms with Crippen LogP contribution in [-0.2, 0) is 28.3 Å². The lowest BCUT2D eigenvalue weighted by Crippen LogP contribution is -2.54. The van der Waals surface area contributed by atoms with E-state index in [-0.39, 0.29) is 17.6 Å². The van der Waals surface area contributed by atoms with Crippen LogP contribution in [0.25, 0.3) is 0 Å². The minimum Gasteiger partial charge on any atom is -0.497 e.